The molecule has 0 atom stereocenters. The lowest BCUT2D eigenvalue weighted by molar-refractivity contribution is 0.423. The van der Waals surface area contributed by atoms with Gasteiger partial charge in [-0.2, -0.15) is 0 Å². The number of hydrogen-bond donors (Lipinski definition) is 1. The van der Waals surface area contributed by atoms with Crippen LogP contribution in [0.1, 0.15) is 49.5 Å². The molecule has 0 spiro atoms. The van der Waals surface area contributed by atoms with E-state index in [1.54, 1.807) is 6.34 Å². The van der Waals surface area contributed by atoms with Crippen LogP contribution in [0.3, 0.4) is 0 Å². The molecule has 1 fully saturated rings. The Labute approximate surface area is 95.1 Å². The van der Waals surface area contributed by atoms with Crippen LogP contribution in [0.25, 0.3) is 5.70 Å². The van der Waals surface area contributed by atoms with Crippen molar-refractivity contribution in [2.45, 2.75) is 38.0 Å². The van der Waals surface area contributed by atoms with Crippen LogP contribution >= 0.6 is 0 Å². The summed E-state index contributed by atoms with van der Waals surface area (Å²) in [5.41, 5.74) is 4.92. The predicted molar refractivity (Wildman–Crippen MR) is 64.9 cm³/mol. The molecule has 1 aromatic heterocycles. The van der Waals surface area contributed by atoms with E-state index in [4.69, 9.17) is 0 Å². The maximum atomic E-state index is 4.53. The summed E-state index contributed by atoms with van der Waals surface area (Å²) in [5, 5.41) is 0. The Balaban J connectivity index is 1.94. The van der Waals surface area contributed by atoms with Gasteiger partial charge in [0, 0.05) is 5.92 Å². The third-order valence-corrected chi connectivity index (χ3v) is 3.46. The minimum absolute atomic E-state index is 0.592. The van der Waals surface area contributed by atoms with Crippen molar-refractivity contribution in [2.75, 3.05) is 5.43 Å². The van der Waals surface area contributed by atoms with E-state index in [1.807, 2.05) is 10.9 Å². The van der Waals surface area contributed by atoms with Crippen molar-refractivity contribution in [1.82, 2.24) is 9.66 Å². The van der Waals surface area contributed by atoms with E-state index in [9.17, 15) is 0 Å². The summed E-state index contributed by atoms with van der Waals surface area (Å²) in [6.45, 7) is 3.92. The minimum Gasteiger partial charge on any atom is -0.282 e. The van der Waals surface area contributed by atoms with E-state index in [-0.39, 0.29) is 0 Å². The summed E-state index contributed by atoms with van der Waals surface area (Å²) in [6, 6.07) is 0. The first kappa shape index (κ1) is 9.63. The molecule has 1 aliphatic heterocycles. The van der Waals surface area contributed by atoms with E-state index >= 15 is 0 Å². The lowest BCUT2D eigenvalue weighted by Crippen LogP contribution is -2.23. The zero-order valence-corrected chi connectivity index (χ0v) is 9.32. The first-order valence-corrected chi connectivity index (χ1v) is 5.92. The molecule has 4 heteroatoms. The molecule has 16 heavy (non-hydrogen) atoms. The number of fused-ring (bicyclic) bond motifs is 1. The summed E-state index contributed by atoms with van der Waals surface area (Å²) in [4.78, 5) is 8.67. The van der Waals surface area contributed by atoms with Crippen molar-refractivity contribution >= 4 is 12.0 Å². The monoisotopic (exact) mass is 216 g/mol. The average Bonchev–Trinajstić information content (AvgIpc) is 2.75. The van der Waals surface area contributed by atoms with Gasteiger partial charge in [0.05, 0.1) is 11.9 Å². The molecule has 0 unspecified atom stereocenters. The maximum Gasteiger partial charge on any atom is 0.131 e. The molecule has 2 aliphatic rings. The van der Waals surface area contributed by atoms with Crippen LogP contribution in [0.2, 0.25) is 0 Å². The van der Waals surface area contributed by atoms with Crippen LogP contribution in [0.5, 0.6) is 0 Å². The number of rotatable bonds is 1. The Hall–Kier alpha value is -1.58. The Kier molecular flexibility index (Phi) is 2.27. The zero-order valence-electron chi connectivity index (χ0n) is 9.32. The molecule has 4 nitrogen and oxygen atoms in total. The molecule has 0 aromatic carbocycles. The molecule has 0 saturated heterocycles. The number of aliphatic imine (C=N–C) groups is 1. The largest absolute Gasteiger partial charge is 0.282 e. The van der Waals surface area contributed by atoms with Crippen LogP contribution in [0, 0.1) is 0 Å². The Morgan fingerprint density at radius 2 is 2.12 bits per heavy atom. The molecule has 0 amide bonds. The van der Waals surface area contributed by atoms with Crippen molar-refractivity contribution < 1.29 is 0 Å². The highest BCUT2D eigenvalue weighted by Gasteiger charge is 2.23. The van der Waals surface area contributed by atoms with Crippen LogP contribution in [-0.4, -0.2) is 16.0 Å². The normalized spacial score (nSPS) is 20.6. The lowest BCUT2D eigenvalue weighted by Gasteiger charge is -2.23. The average molecular weight is 216 g/mol. The van der Waals surface area contributed by atoms with Crippen LogP contribution in [-0.2, 0) is 0 Å². The molecule has 2 heterocycles. The molecular weight excluding hydrogens is 200 g/mol. The van der Waals surface area contributed by atoms with Gasteiger partial charge in [0.2, 0.25) is 0 Å². The summed E-state index contributed by atoms with van der Waals surface area (Å²) >= 11 is 0. The summed E-state index contributed by atoms with van der Waals surface area (Å²) in [7, 11) is 0. The number of nitrogens with one attached hydrogen (secondary N) is 1. The molecule has 0 bridgehead atoms. The third-order valence-electron chi connectivity index (χ3n) is 3.46. The van der Waals surface area contributed by atoms with Gasteiger partial charge in [0.1, 0.15) is 17.9 Å². The zero-order chi connectivity index (χ0) is 11.0. The molecule has 84 valence electrons. The third kappa shape index (κ3) is 1.45. The van der Waals surface area contributed by atoms with Gasteiger partial charge in [0.15, 0.2) is 0 Å². The molecular formula is C12H16N4. The fraction of sp³-hybridized carbons (Fsp3) is 0.500. The Bertz CT molecular complexity index is 438. The van der Waals surface area contributed by atoms with E-state index in [0.29, 0.717) is 5.92 Å². The first-order chi connectivity index (χ1) is 7.86. The van der Waals surface area contributed by atoms with E-state index < -0.39 is 0 Å². The Morgan fingerprint density at radius 3 is 2.94 bits per heavy atom. The standard InChI is InChI=1S/C12H16N4/c1-9-11-7-13-12(16(11)15-8-14-9)10-5-3-2-4-6-10/h7-8,10H,1-6H2,(H,14,15). The SMILES string of the molecule is C=C1N=CNn2c1cnc2C1CCCCC1. The second kappa shape index (κ2) is 3.77. The lowest BCUT2D eigenvalue weighted by atomic mass is 9.89. The molecule has 1 N–H and O–H groups in total. The number of hydrogen-bond acceptors (Lipinski definition) is 3. The molecule has 3 rings (SSSR count). The number of aromatic nitrogens is 2. The Morgan fingerprint density at radius 1 is 1.31 bits per heavy atom. The van der Waals surface area contributed by atoms with Crippen molar-refractivity contribution in [3.05, 3.63) is 24.3 Å². The van der Waals surface area contributed by atoms with Gasteiger partial charge in [-0.15, -0.1) is 0 Å². The van der Waals surface area contributed by atoms with Gasteiger partial charge in [-0.3, -0.25) is 5.43 Å². The van der Waals surface area contributed by atoms with E-state index in [1.165, 1.54) is 32.1 Å². The van der Waals surface area contributed by atoms with Crippen molar-refractivity contribution in [3.63, 3.8) is 0 Å². The second-order valence-corrected chi connectivity index (χ2v) is 4.51. The maximum absolute atomic E-state index is 4.53. The fourth-order valence-electron chi connectivity index (χ4n) is 2.58. The molecule has 1 saturated carbocycles. The van der Waals surface area contributed by atoms with Gasteiger partial charge < -0.3 is 0 Å². The summed E-state index contributed by atoms with van der Waals surface area (Å²) < 4.78 is 2.03. The van der Waals surface area contributed by atoms with E-state index in [0.717, 1.165) is 17.2 Å². The highest BCUT2D eigenvalue weighted by atomic mass is 15.5. The fourth-order valence-corrected chi connectivity index (χ4v) is 2.58. The summed E-state index contributed by atoms with van der Waals surface area (Å²) in [6.07, 6.45) is 10.1. The van der Waals surface area contributed by atoms with Crippen LogP contribution in [0.4, 0.5) is 0 Å². The minimum atomic E-state index is 0.592. The van der Waals surface area contributed by atoms with Gasteiger partial charge in [-0.1, -0.05) is 25.8 Å². The quantitative estimate of drug-likeness (QED) is 0.783. The van der Waals surface area contributed by atoms with Crippen molar-refractivity contribution in [3.8, 4) is 0 Å². The highest BCUT2D eigenvalue weighted by molar-refractivity contribution is 5.78. The van der Waals surface area contributed by atoms with Crippen LogP contribution < -0.4 is 5.43 Å². The van der Waals surface area contributed by atoms with Gasteiger partial charge >= 0.3 is 0 Å². The number of imidazole rings is 1. The van der Waals surface area contributed by atoms with E-state index in [2.05, 4.69) is 22.0 Å². The smallest absolute Gasteiger partial charge is 0.131 e. The summed E-state index contributed by atoms with van der Waals surface area (Å²) in [5.74, 6) is 1.73. The molecule has 1 aliphatic carbocycles. The van der Waals surface area contributed by atoms with Crippen molar-refractivity contribution in [2.24, 2.45) is 4.99 Å². The predicted octanol–water partition coefficient (Wildman–Crippen LogP) is 2.49. The molecule has 0 radical (unpaired) electrons. The molecule has 1 aromatic rings. The van der Waals surface area contributed by atoms with Gasteiger partial charge in [-0.25, -0.2) is 14.7 Å². The topological polar surface area (TPSA) is 42.2 Å². The van der Waals surface area contributed by atoms with Gasteiger partial charge in [0.25, 0.3) is 0 Å². The second-order valence-electron chi connectivity index (χ2n) is 4.51. The van der Waals surface area contributed by atoms with Gasteiger partial charge in [-0.05, 0) is 12.8 Å². The van der Waals surface area contributed by atoms with Crippen molar-refractivity contribution in [1.29, 1.82) is 0 Å². The first-order valence-electron chi connectivity index (χ1n) is 5.92. The highest BCUT2D eigenvalue weighted by Crippen LogP contribution is 2.33. The number of nitrogens with zero attached hydrogens (tertiary/aromatic N) is 3. The van der Waals surface area contributed by atoms with Crippen LogP contribution in [0.15, 0.2) is 17.8 Å².